The monoisotopic (exact) mass is 231 g/mol. The Kier molecular flexibility index (Phi) is 3.82. The van der Waals surface area contributed by atoms with Crippen molar-refractivity contribution < 1.29 is 4.79 Å². The smallest absolute Gasteiger partial charge is 0.227 e. The summed E-state index contributed by atoms with van der Waals surface area (Å²) in [5.41, 5.74) is 2.55. The van der Waals surface area contributed by atoms with Gasteiger partial charge in [0.05, 0.1) is 6.42 Å². The summed E-state index contributed by atoms with van der Waals surface area (Å²) in [7, 11) is 0. The average molecular weight is 231 g/mol. The Morgan fingerprint density at radius 3 is 2.71 bits per heavy atom. The molecule has 1 unspecified atom stereocenters. The zero-order valence-corrected chi connectivity index (χ0v) is 10.8. The number of rotatable bonds is 3. The highest BCUT2D eigenvalue weighted by atomic mass is 16.2. The summed E-state index contributed by atoms with van der Waals surface area (Å²) in [6.07, 6.45) is 3.81. The third kappa shape index (κ3) is 2.68. The minimum atomic E-state index is 0.288. The molecule has 92 valence electrons. The Morgan fingerprint density at radius 2 is 2.00 bits per heavy atom. The van der Waals surface area contributed by atoms with Gasteiger partial charge in [-0.05, 0) is 30.9 Å². The van der Waals surface area contributed by atoms with E-state index in [1.807, 2.05) is 6.07 Å². The zero-order valence-electron chi connectivity index (χ0n) is 10.8. The lowest BCUT2D eigenvalue weighted by atomic mass is 10.0. The Hall–Kier alpha value is -1.31. The van der Waals surface area contributed by atoms with E-state index >= 15 is 0 Å². The second-order valence-electron chi connectivity index (χ2n) is 4.94. The first-order valence-electron chi connectivity index (χ1n) is 6.58. The van der Waals surface area contributed by atoms with Crippen molar-refractivity contribution in [3.63, 3.8) is 0 Å². The highest BCUT2D eigenvalue weighted by Crippen LogP contribution is 2.20. The van der Waals surface area contributed by atoms with Gasteiger partial charge in [-0.15, -0.1) is 0 Å². The van der Waals surface area contributed by atoms with E-state index in [0.717, 1.165) is 25.8 Å². The maximum absolute atomic E-state index is 12.2. The van der Waals surface area contributed by atoms with Gasteiger partial charge in [-0.3, -0.25) is 4.79 Å². The molecule has 0 bridgehead atoms. The van der Waals surface area contributed by atoms with Crippen molar-refractivity contribution in [1.82, 2.24) is 4.90 Å². The van der Waals surface area contributed by atoms with Gasteiger partial charge in [0.1, 0.15) is 0 Å². The minimum Gasteiger partial charge on any atom is -0.339 e. The molecule has 0 saturated heterocycles. The fourth-order valence-corrected chi connectivity index (χ4v) is 2.54. The zero-order chi connectivity index (χ0) is 12.3. The van der Waals surface area contributed by atoms with Crippen molar-refractivity contribution in [2.75, 3.05) is 6.54 Å². The molecular weight excluding hydrogens is 210 g/mol. The van der Waals surface area contributed by atoms with E-state index in [1.54, 1.807) is 0 Å². The molecule has 1 aromatic rings. The Morgan fingerprint density at radius 1 is 1.29 bits per heavy atom. The van der Waals surface area contributed by atoms with E-state index in [9.17, 15) is 4.79 Å². The van der Waals surface area contributed by atoms with E-state index in [1.165, 1.54) is 11.1 Å². The molecule has 0 N–H and O–H groups in total. The number of amides is 1. The summed E-state index contributed by atoms with van der Waals surface area (Å²) in [6, 6.07) is 8.67. The molecule has 1 amide bonds. The van der Waals surface area contributed by atoms with Gasteiger partial charge in [0, 0.05) is 12.6 Å². The van der Waals surface area contributed by atoms with Crippen molar-refractivity contribution in [2.24, 2.45) is 0 Å². The predicted octanol–water partition coefficient (Wildman–Crippen LogP) is 2.80. The summed E-state index contributed by atoms with van der Waals surface area (Å²) < 4.78 is 0. The fraction of sp³-hybridized carbons (Fsp3) is 0.533. The third-order valence-corrected chi connectivity index (χ3v) is 3.58. The highest BCUT2D eigenvalue weighted by Gasteiger charge is 2.24. The molecule has 2 rings (SSSR count). The highest BCUT2D eigenvalue weighted by molar-refractivity contribution is 5.80. The lowest BCUT2D eigenvalue weighted by Crippen LogP contribution is -2.39. The van der Waals surface area contributed by atoms with Crippen LogP contribution in [0.25, 0.3) is 0 Å². The number of nitrogens with zero attached hydrogens (tertiary/aromatic N) is 1. The molecular formula is C15H21NO. The van der Waals surface area contributed by atoms with Crippen molar-refractivity contribution >= 4 is 5.91 Å². The molecule has 0 aromatic heterocycles. The SMILES string of the molecule is CCCCN1C(=O)Cc2ccccc2CC1C. The van der Waals surface area contributed by atoms with Crippen LogP contribution in [0.5, 0.6) is 0 Å². The summed E-state index contributed by atoms with van der Waals surface area (Å²) in [5, 5.41) is 0. The van der Waals surface area contributed by atoms with E-state index in [0.29, 0.717) is 12.5 Å². The summed E-state index contributed by atoms with van der Waals surface area (Å²) in [5.74, 6) is 0.288. The van der Waals surface area contributed by atoms with Gasteiger partial charge in [-0.25, -0.2) is 0 Å². The van der Waals surface area contributed by atoms with Crippen LogP contribution in [0.2, 0.25) is 0 Å². The van der Waals surface area contributed by atoms with Crippen LogP contribution in [-0.4, -0.2) is 23.4 Å². The maximum Gasteiger partial charge on any atom is 0.227 e. The Bertz CT molecular complexity index is 400. The average Bonchev–Trinajstić information content (AvgIpc) is 2.43. The number of unbranched alkanes of at least 4 members (excludes halogenated alkanes) is 1. The first-order valence-corrected chi connectivity index (χ1v) is 6.58. The van der Waals surface area contributed by atoms with Crippen molar-refractivity contribution in [1.29, 1.82) is 0 Å². The summed E-state index contributed by atoms with van der Waals surface area (Å²) >= 11 is 0. The van der Waals surface area contributed by atoms with E-state index in [2.05, 4.69) is 36.9 Å². The number of benzene rings is 1. The molecule has 1 heterocycles. The summed E-state index contributed by atoms with van der Waals surface area (Å²) in [6.45, 7) is 5.24. The molecule has 2 heteroatoms. The Labute approximate surface area is 104 Å². The van der Waals surface area contributed by atoms with Gasteiger partial charge in [-0.1, -0.05) is 37.6 Å². The Balaban J connectivity index is 2.19. The van der Waals surface area contributed by atoms with Crippen molar-refractivity contribution in [3.05, 3.63) is 35.4 Å². The van der Waals surface area contributed by atoms with Gasteiger partial charge < -0.3 is 4.90 Å². The van der Waals surface area contributed by atoms with Gasteiger partial charge in [0.2, 0.25) is 5.91 Å². The van der Waals surface area contributed by atoms with Crippen LogP contribution in [0.4, 0.5) is 0 Å². The molecule has 0 spiro atoms. The van der Waals surface area contributed by atoms with Gasteiger partial charge in [0.15, 0.2) is 0 Å². The van der Waals surface area contributed by atoms with E-state index in [-0.39, 0.29) is 5.91 Å². The quantitative estimate of drug-likeness (QED) is 0.783. The first-order chi connectivity index (χ1) is 8.22. The maximum atomic E-state index is 12.2. The van der Waals surface area contributed by atoms with E-state index < -0.39 is 0 Å². The van der Waals surface area contributed by atoms with Gasteiger partial charge in [-0.2, -0.15) is 0 Å². The molecule has 1 aliphatic rings. The number of fused-ring (bicyclic) bond motifs is 1. The normalized spacial score (nSPS) is 20.0. The summed E-state index contributed by atoms with van der Waals surface area (Å²) in [4.78, 5) is 14.3. The van der Waals surface area contributed by atoms with Crippen LogP contribution >= 0.6 is 0 Å². The molecule has 0 saturated carbocycles. The third-order valence-electron chi connectivity index (χ3n) is 3.58. The molecule has 1 aromatic carbocycles. The van der Waals surface area contributed by atoms with Crippen LogP contribution in [0.1, 0.15) is 37.8 Å². The predicted molar refractivity (Wildman–Crippen MR) is 69.9 cm³/mol. The van der Waals surface area contributed by atoms with E-state index in [4.69, 9.17) is 0 Å². The molecule has 2 nitrogen and oxygen atoms in total. The molecule has 0 aliphatic carbocycles. The standard InChI is InChI=1S/C15H21NO/c1-3-4-9-16-12(2)10-13-7-5-6-8-14(13)11-15(16)17/h5-8,12H,3-4,9-11H2,1-2H3. The molecule has 1 atom stereocenters. The van der Waals surface area contributed by atoms with Gasteiger partial charge in [0.25, 0.3) is 0 Å². The molecule has 17 heavy (non-hydrogen) atoms. The van der Waals surface area contributed by atoms with Crippen LogP contribution in [0.3, 0.4) is 0 Å². The molecule has 0 radical (unpaired) electrons. The minimum absolute atomic E-state index is 0.288. The lowest BCUT2D eigenvalue weighted by Gasteiger charge is -2.27. The number of carbonyl (C=O) groups is 1. The second kappa shape index (κ2) is 5.35. The van der Waals surface area contributed by atoms with Crippen molar-refractivity contribution in [3.8, 4) is 0 Å². The van der Waals surface area contributed by atoms with Crippen LogP contribution in [0, 0.1) is 0 Å². The fourth-order valence-electron chi connectivity index (χ4n) is 2.54. The first kappa shape index (κ1) is 12.2. The van der Waals surface area contributed by atoms with Crippen LogP contribution in [-0.2, 0) is 17.6 Å². The molecule has 1 aliphatic heterocycles. The topological polar surface area (TPSA) is 20.3 Å². The number of hydrogen-bond donors (Lipinski definition) is 0. The molecule has 0 fully saturated rings. The second-order valence-corrected chi connectivity index (χ2v) is 4.94. The van der Waals surface area contributed by atoms with Crippen molar-refractivity contribution in [2.45, 2.75) is 45.6 Å². The van der Waals surface area contributed by atoms with Gasteiger partial charge >= 0.3 is 0 Å². The number of carbonyl (C=O) groups excluding carboxylic acids is 1. The largest absolute Gasteiger partial charge is 0.339 e. The van der Waals surface area contributed by atoms with Crippen LogP contribution < -0.4 is 0 Å². The lowest BCUT2D eigenvalue weighted by molar-refractivity contribution is -0.132. The van der Waals surface area contributed by atoms with Crippen LogP contribution in [0.15, 0.2) is 24.3 Å². The number of hydrogen-bond acceptors (Lipinski definition) is 1.